The van der Waals surface area contributed by atoms with Gasteiger partial charge in [-0.25, -0.2) is 4.79 Å². The van der Waals surface area contributed by atoms with Gasteiger partial charge in [0.2, 0.25) is 0 Å². The van der Waals surface area contributed by atoms with Gasteiger partial charge in [0.15, 0.2) is 0 Å². The molecule has 0 saturated carbocycles. The molecule has 0 N–H and O–H groups in total. The summed E-state index contributed by atoms with van der Waals surface area (Å²) < 4.78 is 329. The average Bonchev–Trinajstić information content (AvgIpc) is 3.19. The van der Waals surface area contributed by atoms with E-state index in [0.717, 1.165) is 60.7 Å². The second-order valence-corrected chi connectivity index (χ2v) is 15.4. The van der Waals surface area contributed by atoms with E-state index in [1.54, 1.807) is 18.2 Å². The Hall–Kier alpha value is -4.91. The molecule has 0 aromatic heterocycles. The third kappa shape index (κ3) is 6.97. The van der Waals surface area contributed by atoms with E-state index in [0.29, 0.717) is 11.1 Å². The van der Waals surface area contributed by atoms with Crippen LogP contribution < -0.4 is 0 Å². The van der Waals surface area contributed by atoms with Gasteiger partial charge in [-0.05, 0) is 57.8 Å². The monoisotopic (exact) mass is 952 g/mol. The second kappa shape index (κ2) is 15.4. The summed E-state index contributed by atoms with van der Waals surface area (Å²) in [7, 11) is -4.44. The first-order chi connectivity index (χ1) is 27.9. The predicted octanol–water partition coefficient (Wildman–Crippen LogP) is 14.0. The van der Waals surface area contributed by atoms with Gasteiger partial charge in [-0.15, -0.1) is 0 Å². The molecule has 0 bridgehead atoms. The van der Waals surface area contributed by atoms with Crippen molar-refractivity contribution in [1.29, 1.82) is 0 Å². The molecule has 0 aliphatic heterocycles. The molecule has 0 fully saturated rings. The van der Waals surface area contributed by atoms with Crippen LogP contribution in [0.5, 0.6) is 0 Å². The van der Waals surface area contributed by atoms with E-state index in [2.05, 4.69) is 0 Å². The number of halogens is 23. The van der Waals surface area contributed by atoms with Crippen LogP contribution in [0.4, 0.5) is 101 Å². The van der Waals surface area contributed by atoms with Crippen LogP contribution in [0.15, 0.2) is 130 Å². The summed E-state index contributed by atoms with van der Waals surface area (Å²) in [6.45, 7) is 0. The van der Waals surface area contributed by atoms with Crippen molar-refractivity contribution in [1.82, 2.24) is 0 Å². The fraction of sp³-hybridized carbons (Fsp3) is 0.306. The minimum atomic E-state index is -9.57. The molecule has 0 amide bonds. The van der Waals surface area contributed by atoms with Crippen LogP contribution in [0, 0.1) is 0 Å². The highest BCUT2D eigenvalue weighted by atomic mass is 32.3. The van der Waals surface area contributed by atoms with Gasteiger partial charge >= 0.3 is 71.4 Å². The van der Waals surface area contributed by atoms with E-state index in [-0.39, 0.29) is 0 Å². The molecule has 0 saturated heterocycles. The minimum absolute atomic E-state index is 0.313. The fourth-order valence-corrected chi connectivity index (χ4v) is 8.33. The zero-order valence-corrected chi connectivity index (χ0v) is 30.2. The van der Waals surface area contributed by atoms with Crippen LogP contribution in [-0.4, -0.2) is 71.4 Å². The maximum absolute atomic E-state index is 15.5. The Bertz CT molecular complexity index is 2150. The van der Waals surface area contributed by atoms with Gasteiger partial charge in [-0.2, -0.15) is 101 Å². The first kappa shape index (κ1) is 49.7. The molecule has 0 aliphatic carbocycles. The molecule has 2 nitrogen and oxygen atoms in total. The van der Waals surface area contributed by atoms with Crippen molar-refractivity contribution in [2.24, 2.45) is 0 Å². The molecule has 26 heteroatoms. The van der Waals surface area contributed by atoms with Crippen LogP contribution in [-0.2, 0) is 8.98 Å². The molecule has 0 radical (unpaired) electrons. The van der Waals surface area contributed by atoms with Crippen molar-refractivity contribution < 1.29 is 110 Å². The van der Waals surface area contributed by atoms with Crippen LogP contribution in [0.3, 0.4) is 0 Å². The lowest BCUT2D eigenvalue weighted by Gasteiger charge is -2.45. The summed E-state index contributed by atoms with van der Waals surface area (Å²) >= 11 is 0. The molecule has 0 heterocycles. The van der Waals surface area contributed by atoms with E-state index < -0.39 is 96.4 Å². The van der Waals surface area contributed by atoms with Gasteiger partial charge in [-0.1, -0.05) is 78.9 Å². The van der Waals surface area contributed by atoms with E-state index in [1.807, 2.05) is 0 Å². The Labute approximate surface area is 332 Å². The highest BCUT2D eigenvalue weighted by Crippen LogP contribution is 2.71. The van der Waals surface area contributed by atoms with Gasteiger partial charge in [-0.3, -0.25) is 0 Å². The standard InChI is InChI=1S/C36H19F23O2S/c37-26(38,27(39,40)28(41,42)29(43,44)30(45,46)31(47,48)32(49,50)33(51,52)34(53,54)35(55,56)36(57,58)59)25(60)61-62(22-12-6-2-7-13-22,23-14-8-3-9-15-23)24-18-16-21(17-19-24)20-10-4-1-5-11-20/h1-19H. The molecule has 4 aromatic rings. The van der Waals surface area contributed by atoms with Crippen LogP contribution in [0.25, 0.3) is 11.1 Å². The fourth-order valence-electron chi connectivity index (χ4n) is 5.30. The van der Waals surface area contributed by atoms with Crippen molar-refractivity contribution in [2.75, 3.05) is 0 Å². The van der Waals surface area contributed by atoms with Crippen LogP contribution in [0.1, 0.15) is 0 Å². The van der Waals surface area contributed by atoms with Crippen LogP contribution >= 0.6 is 10.3 Å². The lowest BCUT2D eigenvalue weighted by Crippen LogP contribution is -2.78. The first-order valence-electron chi connectivity index (χ1n) is 16.1. The van der Waals surface area contributed by atoms with Gasteiger partial charge in [0.25, 0.3) is 0 Å². The molecule has 62 heavy (non-hydrogen) atoms. The molecule has 0 spiro atoms. The number of carbonyl (C=O) groups excluding carboxylic acids is 1. The maximum Gasteiger partial charge on any atom is 0.460 e. The summed E-state index contributed by atoms with van der Waals surface area (Å²) in [6.07, 6.45) is -8.17. The number of hydrogen-bond donors (Lipinski definition) is 0. The highest BCUT2D eigenvalue weighted by Gasteiger charge is 2.99. The Morgan fingerprint density at radius 2 is 0.581 bits per heavy atom. The number of alkyl halides is 23. The van der Waals surface area contributed by atoms with Crippen molar-refractivity contribution in [3.05, 3.63) is 115 Å². The molecule has 0 aliphatic rings. The molecular weight excluding hydrogens is 933 g/mol. The molecule has 4 rings (SSSR count). The summed E-state index contributed by atoms with van der Waals surface area (Å²) in [6, 6.07) is 22.8. The van der Waals surface area contributed by atoms with E-state index in [4.69, 9.17) is 4.18 Å². The Kier molecular flexibility index (Phi) is 12.4. The zero-order chi connectivity index (χ0) is 47.6. The highest BCUT2D eigenvalue weighted by molar-refractivity contribution is 8.30. The molecule has 0 unspecified atom stereocenters. The minimum Gasteiger partial charge on any atom is -0.397 e. The molecule has 4 aromatic carbocycles. The topological polar surface area (TPSA) is 26.3 Å². The largest absolute Gasteiger partial charge is 0.460 e. The number of benzene rings is 4. The third-order valence-electron chi connectivity index (χ3n) is 8.81. The summed E-state index contributed by atoms with van der Waals surface area (Å²) in [5, 5.41) is 0. The van der Waals surface area contributed by atoms with E-state index in [9.17, 15) is 88.2 Å². The quantitative estimate of drug-likeness (QED) is 0.111. The molecular formula is C36H19F23O2S. The summed E-state index contributed by atoms with van der Waals surface area (Å²) in [4.78, 5) is 11.7. The third-order valence-corrected chi connectivity index (χ3v) is 12.0. The van der Waals surface area contributed by atoms with Gasteiger partial charge in [0, 0.05) is 14.7 Å². The smallest absolute Gasteiger partial charge is 0.397 e. The van der Waals surface area contributed by atoms with E-state index >= 15 is 17.6 Å². The Morgan fingerprint density at radius 1 is 0.323 bits per heavy atom. The zero-order valence-electron chi connectivity index (χ0n) is 29.4. The Morgan fingerprint density at radius 3 is 0.903 bits per heavy atom. The lowest BCUT2D eigenvalue weighted by atomic mass is 9.85. The van der Waals surface area contributed by atoms with Crippen molar-refractivity contribution in [3.8, 4) is 11.1 Å². The van der Waals surface area contributed by atoms with Crippen molar-refractivity contribution in [2.45, 2.75) is 80.1 Å². The van der Waals surface area contributed by atoms with Crippen LogP contribution in [0.2, 0.25) is 0 Å². The number of carbonyl (C=O) groups is 1. The summed E-state index contributed by atoms with van der Waals surface area (Å²) in [5.41, 5.74) is 0.773. The van der Waals surface area contributed by atoms with Gasteiger partial charge in [0.05, 0.1) is 0 Å². The molecule has 0 atom stereocenters. The molecule has 342 valence electrons. The van der Waals surface area contributed by atoms with E-state index in [1.165, 1.54) is 36.4 Å². The predicted molar refractivity (Wildman–Crippen MR) is 169 cm³/mol. The van der Waals surface area contributed by atoms with Gasteiger partial charge in [0.1, 0.15) is 0 Å². The van der Waals surface area contributed by atoms with Crippen molar-refractivity contribution >= 4 is 16.3 Å². The maximum atomic E-state index is 15.5. The average molecular weight is 953 g/mol. The number of rotatable bonds is 15. The second-order valence-electron chi connectivity index (χ2n) is 12.7. The van der Waals surface area contributed by atoms with Crippen molar-refractivity contribution in [3.63, 3.8) is 0 Å². The normalized spacial score (nSPS) is 15.0. The summed E-state index contributed by atoms with van der Waals surface area (Å²) in [5.74, 6) is -94.6. The first-order valence-corrected chi connectivity index (χ1v) is 17.6. The SMILES string of the molecule is O=C(OS(c1ccccc1)(c1ccccc1)c1ccc(-c2ccccc2)cc1)C(F)(F)C(F)(F)C(F)(F)C(F)(F)C(F)(F)C(F)(F)C(F)(F)C(F)(F)C(F)(F)C(F)(F)C(F)(F)F. The van der Waals surface area contributed by atoms with Gasteiger partial charge < -0.3 is 4.18 Å². The Balaban J connectivity index is 1.87. The number of hydrogen-bond acceptors (Lipinski definition) is 2. The lowest BCUT2D eigenvalue weighted by molar-refractivity contribution is -0.477.